The molecule has 1 aliphatic rings. The largest absolute Gasteiger partial charge is 0.606 e. The van der Waals surface area contributed by atoms with Crippen molar-refractivity contribution in [1.82, 2.24) is 0 Å². The van der Waals surface area contributed by atoms with E-state index in [1.165, 1.54) is 102 Å². The number of aryl methyl sites for hydroxylation is 1. The Kier molecular flexibility index (Phi) is 23.4. The van der Waals surface area contributed by atoms with Crippen LogP contribution in [0.5, 0.6) is 0 Å². The van der Waals surface area contributed by atoms with Crippen molar-refractivity contribution < 1.29 is 32.9 Å². The molecule has 1 unspecified atom stereocenters. The lowest BCUT2D eigenvalue weighted by molar-refractivity contribution is -0.697. The normalized spacial score (nSPS) is 15.6. The summed E-state index contributed by atoms with van der Waals surface area (Å²) < 4.78 is 24.1. The second-order valence-electron chi connectivity index (χ2n) is 12.4. The quantitative estimate of drug-likeness (QED) is 0.0523. The maximum Gasteiger partial charge on any atom is 0.376 e. The molecule has 1 N–H and O–H groups in total. The van der Waals surface area contributed by atoms with Gasteiger partial charge in [-0.15, -0.1) is 0 Å². The topological polar surface area (TPSA) is 87.3 Å². The summed E-state index contributed by atoms with van der Waals surface area (Å²) in [5.41, 5.74) is 1.30. The smallest absolute Gasteiger partial charge is 0.376 e. The summed E-state index contributed by atoms with van der Waals surface area (Å²) in [6.07, 6.45) is 27.7. The lowest BCUT2D eigenvalue weighted by Gasteiger charge is -2.23. The van der Waals surface area contributed by atoms with Gasteiger partial charge in [0.05, 0.1) is 13.2 Å². The fraction of sp³-hybridized carbons (Fsp3) is 0.857. The molecule has 8 nitrogen and oxygen atoms in total. The lowest BCUT2D eigenvalue weighted by atomic mass is 10.0. The first-order chi connectivity index (χ1) is 21.5. The van der Waals surface area contributed by atoms with E-state index in [2.05, 4.69) is 40.9 Å². The van der Waals surface area contributed by atoms with Crippen LogP contribution in [0.25, 0.3) is 0 Å². The number of ether oxygens (including phenoxy) is 2. The summed E-state index contributed by atoms with van der Waals surface area (Å²) in [5.74, 6) is 0. The Hall–Kier alpha value is -0.860. The van der Waals surface area contributed by atoms with Crippen molar-refractivity contribution in [3.05, 3.63) is 24.5 Å². The van der Waals surface area contributed by atoms with Crippen LogP contribution in [0.3, 0.4) is 0 Å². The van der Waals surface area contributed by atoms with Gasteiger partial charge in [0.1, 0.15) is 19.3 Å². The zero-order valence-corrected chi connectivity index (χ0v) is 29.2. The summed E-state index contributed by atoms with van der Waals surface area (Å²) >= 11 is 0. The number of phosphoric ester groups is 1. The third-order valence-corrected chi connectivity index (χ3v) is 9.42. The SMILES string of the molecule is CCCCCCCCCCCCCCCCOC[C@H](CO[P+]([O-])(O)OCCCCC[n+]1ccc(N2CCCC2)cc1)OCC. The summed E-state index contributed by atoms with van der Waals surface area (Å²) in [6.45, 7) is 9.09. The second kappa shape index (κ2) is 26.2. The Bertz CT molecular complexity index is 779. The standard InChI is InChI=1S/C35H65N2O6P/c1-3-5-6-7-8-9-10-11-12-13-14-15-16-21-30-40-32-35(41-4-2)33-43-44(38,39)42-31-22-17-18-25-36-28-23-34(24-29-36)37-26-19-20-27-37/h23-24,28-29,35H,3-22,25-27,30-33H2,1-2H3/p+1/t35-/m1/s1. The van der Waals surface area contributed by atoms with Crippen LogP contribution >= 0.6 is 8.17 Å². The number of pyridine rings is 1. The molecule has 0 aromatic carbocycles. The molecule has 0 radical (unpaired) electrons. The zero-order valence-electron chi connectivity index (χ0n) is 28.3. The molecular weight excluding hydrogens is 575 g/mol. The summed E-state index contributed by atoms with van der Waals surface area (Å²) in [7, 11) is -4.11. The van der Waals surface area contributed by atoms with Crippen LogP contribution in [0.2, 0.25) is 0 Å². The lowest BCUT2D eigenvalue weighted by Crippen LogP contribution is -2.33. The first kappa shape index (κ1) is 39.3. The van der Waals surface area contributed by atoms with E-state index in [-0.39, 0.29) is 19.3 Å². The van der Waals surface area contributed by atoms with Crippen LogP contribution in [0.4, 0.5) is 5.69 Å². The fourth-order valence-electron chi connectivity index (χ4n) is 5.75. The molecule has 2 heterocycles. The molecule has 9 heteroatoms. The first-order valence-electron chi connectivity index (χ1n) is 18.1. The van der Waals surface area contributed by atoms with Gasteiger partial charge in [0.15, 0.2) is 12.4 Å². The van der Waals surface area contributed by atoms with Gasteiger partial charge in [-0.3, -0.25) is 0 Å². The summed E-state index contributed by atoms with van der Waals surface area (Å²) in [4.78, 5) is 24.9. The Balaban J connectivity index is 1.41. The molecule has 1 fully saturated rings. The average molecular weight is 642 g/mol. The number of aromatic nitrogens is 1. The van der Waals surface area contributed by atoms with E-state index in [9.17, 15) is 9.79 Å². The molecule has 1 aliphatic heterocycles. The zero-order chi connectivity index (χ0) is 31.6. The number of anilines is 1. The number of hydrogen-bond acceptors (Lipinski definition) is 7. The van der Waals surface area contributed by atoms with Crippen molar-refractivity contribution in [2.24, 2.45) is 0 Å². The highest BCUT2D eigenvalue weighted by Gasteiger charge is 2.29. The van der Waals surface area contributed by atoms with Gasteiger partial charge in [-0.1, -0.05) is 90.4 Å². The van der Waals surface area contributed by atoms with Crippen molar-refractivity contribution in [2.45, 2.75) is 148 Å². The third kappa shape index (κ3) is 20.3. The number of hydrogen-bond donors (Lipinski definition) is 1. The molecule has 1 aromatic rings. The molecule has 1 saturated heterocycles. The molecule has 1 aromatic heterocycles. The predicted octanol–water partition coefficient (Wildman–Crippen LogP) is 7.71. The first-order valence-corrected chi connectivity index (χ1v) is 19.6. The van der Waals surface area contributed by atoms with Gasteiger partial charge in [-0.25, -0.2) is 4.57 Å². The average Bonchev–Trinajstić information content (AvgIpc) is 3.57. The summed E-state index contributed by atoms with van der Waals surface area (Å²) in [5, 5.41) is 0. The molecule has 2 atom stereocenters. The Morgan fingerprint density at radius 2 is 1.30 bits per heavy atom. The van der Waals surface area contributed by atoms with Gasteiger partial charge in [0.2, 0.25) is 0 Å². The van der Waals surface area contributed by atoms with Gasteiger partial charge in [0.25, 0.3) is 0 Å². The monoisotopic (exact) mass is 641 g/mol. The van der Waals surface area contributed by atoms with Crippen LogP contribution in [0.1, 0.15) is 136 Å². The minimum absolute atomic E-state index is 0.0234. The van der Waals surface area contributed by atoms with Crippen LogP contribution < -0.4 is 14.4 Å². The predicted molar refractivity (Wildman–Crippen MR) is 180 cm³/mol. The van der Waals surface area contributed by atoms with E-state index in [1.54, 1.807) is 0 Å². The Morgan fingerprint density at radius 3 is 1.89 bits per heavy atom. The maximum atomic E-state index is 12.3. The van der Waals surface area contributed by atoms with E-state index >= 15 is 0 Å². The van der Waals surface area contributed by atoms with Gasteiger partial charge in [-0.05, 0) is 39.0 Å². The van der Waals surface area contributed by atoms with Crippen LogP contribution in [0.15, 0.2) is 24.5 Å². The van der Waals surface area contributed by atoms with Crippen molar-refractivity contribution in [3.63, 3.8) is 0 Å². The van der Waals surface area contributed by atoms with Gasteiger partial charge in [-0.2, -0.15) is 13.9 Å². The van der Waals surface area contributed by atoms with Gasteiger partial charge >= 0.3 is 8.17 Å². The third-order valence-electron chi connectivity index (χ3n) is 8.43. The van der Waals surface area contributed by atoms with Gasteiger partial charge < -0.3 is 19.3 Å². The molecule has 2 rings (SSSR count). The van der Waals surface area contributed by atoms with E-state index in [0.717, 1.165) is 38.9 Å². The minimum Gasteiger partial charge on any atom is -0.606 e. The van der Waals surface area contributed by atoms with E-state index < -0.39 is 8.17 Å². The van der Waals surface area contributed by atoms with Crippen molar-refractivity contribution in [3.8, 4) is 0 Å². The van der Waals surface area contributed by atoms with E-state index in [4.69, 9.17) is 18.5 Å². The number of phosphoric acid groups is 1. The Labute approximate surface area is 270 Å². The van der Waals surface area contributed by atoms with Crippen LogP contribution in [-0.4, -0.2) is 57.1 Å². The van der Waals surface area contributed by atoms with Gasteiger partial charge in [0, 0.05) is 50.5 Å². The van der Waals surface area contributed by atoms with Crippen LogP contribution in [0, 0.1) is 0 Å². The second-order valence-corrected chi connectivity index (χ2v) is 13.8. The summed E-state index contributed by atoms with van der Waals surface area (Å²) in [6, 6.07) is 4.38. The molecule has 256 valence electrons. The van der Waals surface area contributed by atoms with Crippen molar-refractivity contribution in [1.29, 1.82) is 0 Å². The number of unbranched alkanes of at least 4 members (excludes halogenated alkanes) is 15. The molecule has 44 heavy (non-hydrogen) atoms. The van der Waals surface area contributed by atoms with Crippen LogP contribution in [-0.2, 0) is 25.1 Å². The van der Waals surface area contributed by atoms with E-state index in [0.29, 0.717) is 26.2 Å². The Morgan fingerprint density at radius 1 is 0.750 bits per heavy atom. The van der Waals surface area contributed by atoms with E-state index in [1.807, 2.05) is 6.92 Å². The maximum absolute atomic E-state index is 12.3. The van der Waals surface area contributed by atoms with Crippen molar-refractivity contribution >= 4 is 13.9 Å². The highest BCUT2D eigenvalue weighted by atomic mass is 31.2. The molecule has 0 amide bonds. The molecule has 0 aliphatic carbocycles. The molecule has 0 bridgehead atoms. The molecule has 0 spiro atoms. The highest BCUT2D eigenvalue weighted by molar-refractivity contribution is 7.52. The number of rotatable bonds is 30. The highest BCUT2D eigenvalue weighted by Crippen LogP contribution is 2.47. The van der Waals surface area contributed by atoms with Crippen molar-refractivity contribution in [2.75, 3.05) is 51.0 Å². The fourth-order valence-corrected chi connectivity index (χ4v) is 6.53. The molecule has 0 saturated carbocycles. The minimum atomic E-state index is -4.11. The number of nitrogens with zero attached hydrogens (tertiary/aromatic N) is 2. The molecular formula is C35H66N2O6P+.